The fraction of sp³-hybridized carbons (Fsp3) is 0.217. The maximum absolute atomic E-state index is 11.8. The zero-order valence-electron chi connectivity index (χ0n) is 17.2. The van der Waals surface area contributed by atoms with Gasteiger partial charge < -0.3 is 5.11 Å². The monoisotopic (exact) mass is 524 g/mol. The molecule has 0 saturated heterocycles. The minimum Gasteiger partial charge on any atom is -0.0312 e. The summed E-state index contributed by atoms with van der Waals surface area (Å²) >= 11 is -0.543. The molecule has 1 aromatic carbocycles. The van der Waals surface area contributed by atoms with Gasteiger partial charge in [0.1, 0.15) is 0 Å². The Labute approximate surface area is 190 Å². The van der Waals surface area contributed by atoms with Crippen LogP contribution in [-0.2, 0) is 17.1 Å². The molecule has 146 valence electrons. The molecular formula is C23H28FeN2OSn+2. The maximum atomic E-state index is 11.8. The SMILES string of the molecule is C/C(=N/N=C(\[O-])c1ccc(C)cc1)[C]1[CH][CH][CH][CH]1.[CH3][Sn+]([CH3])[CH3].[CH]1[CH][CH][CH][CH]1.[Fe+2]. The van der Waals surface area contributed by atoms with Crippen LogP contribution in [0.1, 0.15) is 18.1 Å². The van der Waals surface area contributed by atoms with E-state index in [4.69, 9.17) is 0 Å². The number of benzene rings is 1. The van der Waals surface area contributed by atoms with Gasteiger partial charge in [0.2, 0.25) is 0 Å². The first kappa shape index (κ1) is 27.7. The summed E-state index contributed by atoms with van der Waals surface area (Å²) < 4.78 is 0. The molecule has 0 aliphatic heterocycles. The zero-order chi connectivity index (χ0) is 20.1. The van der Waals surface area contributed by atoms with E-state index in [2.05, 4.69) is 25.0 Å². The standard InChI is InChI=1S/C15H15N2O.C5H5.3CH3.Fe.Sn/c1-11-7-9-14(10-8-11)15(18)17-16-12(2)13-5-3-4-6-13;1-2-4-5-3-1;;;;;/h3-10H,1-2H3,(H,17,18);1-5H;3*1H3;;/q;;;;;+2;+1/p-1/b16-12-;;;;;;. The van der Waals surface area contributed by atoms with Gasteiger partial charge in [0, 0.05) is 17.5 Å². The Morgan fingerprint density at radius 2 is 1.21 bits per heavy atom. The van der Waals surface area contributed by atoms with Gasteiger partial charge in [0.25, 0.3) is 0 Å². The molecule has 1 aromatic rings. The van der Waals surface area contributed by atoms with Crippen LogP contribution in [0.25, 0.3) is 0 Å². The Morgan fingerprint density at radius 1 is 0.786 bits per heavy atom. The summed E-state index contributed by atoms with van der Waals surface area (Å²) in [6, 6.07) is 7.29. The average Bonchev–Trinajstić information content (AvgIpc) is 3.35. The molecule has 0 spiro atoms. The van der Waals surface area contributed by atoms with Crippen LogP contribution in [0.5, 0.6) is 0 Å². The number of nitrogens with zero attached hydrogens (tertiary/aromatic N) is 2. The van der Waals surface area contributed by atoms with Crippen molar-refractivity contribution in [1.29, 1.82) is 0 Å². The zero-order valence-corrected chi connectivity index (χ0v) is 21.1. The molecule has 28 heavy (non-hydrogen) atoms. The van der Waals surface area contributed by atoms with Gasteiger partial charge in [-0.3, -0.25) is 0 Å². The van der Waals surface area contributed by atoms with Gasteiger partial charge in [-0.2, -0.15) is 10.2 Å². The third-order valence-corrected chi connectivity index (χ3v) is 3.23. The Balaban J connectivity index is 0.000000605. The smallest absolute Gasteiger partial charge is 0.0312 e. The Kier molecular flexibility index (Phi) is 16.3. The van der Waals surface area contributed by atoms with E-state index in [-0.39, 0.29) is 23.0 Å². The molecule has 10 radical (unpaired) electrons. The van der Waals surface area contributed by atoms with Crippen molar-refractivity contribution in [3.05, 3.63) is 99.1 Å². The normalized spacial score (nSPS) is 17.0. The summed E-state index contributed by atoms with van der Waals surface area (Å²) in [5.74, 6) is 0.663. The summed E-state index contributed by atoms with van der Waals surface area (Å²) in [6.45, 7) is 3.81. The molecule has 0 amide bonds. The third-order valence-electron chi connectivity index (χ3n) is 3.23. The fourth-order valence-corrected chi connectivity index (χ4v) is 1.87. The second-order valence-corrected chi connectivity index (χ2v) is 15.2. The first-order valence-electron chi connectivity index (χ1n) is 8.92. The fourth-order valence-electron chi connectivity index (χ4n) is 1.87. The van der Waals surface area contributed by atoms with Crippen LogP contribution in [0.3, 0.4) is 0 Å². The van der Waals surface area contributed by atoms with Gasteiger partial charge in [0.15, 0.2) is 0 Å². The summed E-state index contributed by atoms with van der Waals surface area (Å²) in [5, 5.41) is 19.4. The predicted octanol–water partition coefficient (Wildman–Crippen LogP) is 4.27. The topological polar surface area (TPSA) is 47.8 Å². The Hall–Kier alpha value is -0.322. The van der Waals surface area contributed by atoms with Crippen LogP contribution in [0, 0.1) is 70.6 Å². The van der Waals surface area contributed by atoms with Crippen LogP contribution >= 0.6 is 0 Å². The second-order valence-electron chi connectivity index (χ2n) is 6.59. The largest absolute Gasteiger partial charge is 2.00 e. The molecule has 2 saturated carbocycles. The van der Waals surface area contributed by atoms with Crippen molar-refractivity contribution in [2.24, 2.45) is 10.2 Å². The Morgan fingerprint density at radius 3 is 1.64 bits per heavy atom. The van der Waals surface area contributed by atoms with Crippen molar-refractivity contribution in [2.75, 3.05) is 0 Å². The molecule has 2 aliphatic rings. The van der Waals surface area contributed by atoms with Crippen LogP contribution in [0.4, 0.5) is 0 Å². The minimum absolute atomic E-state index is 0. The molecule has 3 rings (SSSR count). The van der Waals surface area contributed by atoms with Crippen molar-refractivity contribution in [2.45, 2.75) is 28.7 Å². The van der Waals surface area contributed by atoms with Crippen molar-refractivity contribution >= 4 is 31.4 Å². The molecule has 0 atom stereocenters. The molecule has 3 nitrogen and oxygen atoms in total. The molecule has 2 fully saturated rings. The van der Waals surface area contributed by atoms with E-state index in [0.29, 0.717) is 5.56 Å². The van der Waals surface area contributed by atoms with Crippen molar-refractivity contribution < 1.29 is 22.2 Å². The maximum Gasteiger partial charge on any atom is 2.00 e. The van der Waals surface area contributed by atoms with E-state index >= 15 is 0 Å². The van der Waals surface area contributed by atoms with Crippen LogP contribution < -0.4 is 5.11 Å². The van der Waals surface area contributed by atoms with Gasteiger partial charge in [-0.05, 0) is 77.2 Å². The third kappa shape index (κ3) is 13.0. The summed E-state index contributed by atoms with van der Waals surface area (Å²) in [6.07, 6.45) is 17.7. The van der Waals surface area contributed by atoms with Gasteiger partial charge >= 0.3 is 51.6 Å². The Bertz CT molecular complexity index is 564. The van der Waals surface area contributed by atoms with E-state index in [1.54, 1.807) is 12.1 Å². The molecular weight excluding hydrogens is 495 g/mol. The minimum atomic E-state index is -0.543. The van der Waals surface area contributed by atoms with Crippen LogP contribution in [-0.4, -0.2) is 31.4 Å². The van der Waals surface area contributed by atoms with Crippen molar-refractivity contribution in [3.63, 3.8) is 0 Å². The first-order chi connectivity index (χ1) is 12.9. The van der Waals surface area contributed by atoms with Crippen molar-refractivity contribution in [1.82, 2.24) is 0 Å². The average molecular weight is 523 g/mol. The molecule has 0 heterocycles. The molecule has 0 N–H and O–H groups in total. The van der Waals surface area contributed by atoms with Crippen molar-refractivity contribution in [3.8, 4) is 0 Å². The van der Waals surface area contributed by atoms with Gasteiger partial charge in [0.05, 0.1) is 0 Å². The molecule has 5 heteroatoms. The number of aryl methyl sites for hydroxylation is 1. The molecule has 2 aliphatic carbocycles. The number of rotatable bonds is 3. The first-order valence-corrected chi connectivity index (χ1v) is 17.5. The number of hydrogen-bond donors (Lipinski definition) is 0. The quantitative estimate of drug-likeness (QED) is 0.253. The van der Waals surface area contributed by atoms with E-state index in [0.717, 1.165) is 17.2 Å². The summed E-state index contributed by atoms with van der Waals surface area (Å²) in [4.78, 5) is 7.09. The van der Waals surface area contributed by atoms with Crippen LogP contribution in [0.15, 0.2) is 34.5 Å². The molecule has 0 bridgehead atoms. The summed E-state index contributed by atoms with van der Waals surface area (Å²) in [5.41, 5.74) is 2.41. The van der Waals surface area contributed by atoms with Gasteiger partial charge in [-0.25, -0.2) is 0 Å². The van der Waals surface area contributed by atoms with Crippen LogP contribution in [0.2, 0.25) is 14.8 Å². The van der Waals surface area contributed by atoms with E-state index < -0.39 is 19.8 Å². The van der Waals surface area contributed by atoms with E-state index in [1.807, 2.05) is 83.8 Å². The summed E-state index contributed by atoms with van der Waals surface area (Å²) in [7, 11) is 0. The van der Waals surface area contributed by atoms with E-state index in [9.17, 15) is 5.11 Å². The molecule has 0 aromatic heterocycles. The van der Waals surface area contributed by atoms with Gasteiger partial charge in [-0.1, -0.05) is 29.8 Å². The molecule has 0 unspecified atom stereocenters. The second kappa shape index (κ2) is 16.5. The van der Waals surface area contributed by atoms with E-state index in [1.165, 1.54) is 0 Å². The predicted molar refractivity (Wildman–Crippen MR) is 116 cm³/mol. The van der Waals surface area contributed by atoms with Gasteiger partial charge in [-0.15, -0.1) is 0 Å². The number of hydrogen-bond acceptors (Lipinski definition) is 3.